The maximum absolute atomic E-state index is 11.8. The number of nitrogens with one attached hydrogen (secondary N) is 1. The molecular weight excluding hydrogens is 242 g/mol. The van der Waals surface area contributed by atoms with Crippen LogP contribution < -0.4 is 5.32 Å². The van der Waals surface area contributed by atoms with Crippen molar-refractivity contribution in [2.45, 2.75) is 25.8 Å². The second-order valence-electron chi connectivity index (χ2n) is 4.31. The number of methoxy groups -OCH3 is 1. The Morgan fingerprint density at radius 3 is 2.53 bits per heavy atom. The van der Waals surface area contributed by atoms with Crippen molar-refractivity contribution in [3.8, 4) is 0 Å². The Hall–Kier alpha value is -1.39. The number of ether oxygens (including phenoxy) is 2. The molecule has 1 aromatic carbocycles. The molecular formula is C15H23NO3. The zero-order valence-corrected chi connectivity index (χ0v) is 11.9. The van der Waals surface area contributed by atoms with Gasteiger partial charge in [-0.2, -0.15) is 0 Å². The zero-order chi connectivity index (χ0) is 14.1. The molecule has 1 unspecified atom stereocenters. The molecule has 0 heterocycles. The minimum absolute atomic E-state index is 0.239. The lowest BCUT2D eigenvalue weighted by Gasteiger charge is -2.15. The van der Waals surface area contributed by atoms with Crippen molar-refractivity contribution in [3.63, 3.8) is 0 Å². The van der Waals surface area contributed by atoms with Gasteiger partial charge in [0.15, 0.2) is 0 Å². The highest BCUT2D eigenvalue weighted by molar-refractivity contribution is 5.77. The number of benzene rings is 1. The van der Waals surface area contributed by atoms with E-state index in [4.69, 9.17) is 9.47 Å². The van der Waals surface area contributed by atoms with E-state index in [1.54, 1.807) is 14.2 Å². The predicted molar refractivity (Wildman–Crippen MR) is 75.1 cm³/mol. The number of esters is 1. The highest BCUT2D eigenvalue weighted by Gasteiger charge is 2.19. The van der Waals surface area contributed by atoms with Crippen molar-refractivity contribution in [2.75, 3.05) is 27.4 Å². The van der Waals surface area contributed by atoms with Crippen molar-refractivity contribution in [3.05, 3.63) is 35.4 Å². The average Bonchev–Trinajstić information content (AvgIpc) is 2.42. The van der Waals surface area contributed by atoms with E-state index < -0.39 is 6.04 Å². The van der Waals surface area contributed by atoms with E-state index >= 15 is 0 Å². The van der Waals surface area contributed by atoms with Crippen LogP contribution in [-0.2, 0) is 20.7 Å². The maximum atomic E-state index is 11.8. The zero-order valence-electron chi connectivity index (χ0n) is 11.9. The molecule has 0 saturated carbocycles. The molecule has 0 amide bonds. The normalized spacial score (nSPS) is 12.2. The Balaban J connectivity index is 2.65. The Kier molecular flexibility index (Phi) is 7.15. The molecule has 1 atom stereocenters. The fourth-order valence-corrected chi connectivity index (χ4v) is 1.94. The van der Waals surface area contributed by atoms with Gasteiger partial charge >= 0.3 is 5.97 Å². The quantitative estimate of drug-likeness (QED) is 0.577. The fourth-order valence-electron chi connectivity index (χ4n) is 1.94. The number of hydrogen-bond donors (Lipinski definition) is 1. The Morgan fingerprint density at radius 2 is 2.00 bits per heavy atom. The van der Waals surface area contributed by atoms with Gasteiger partial charge in [-0.05, 0) is 37.9 Å². The summed E-state index contributed by atoms with van der Waals surface area (Å²) in [4.78, 5) is 11.8. The number of likely N-dealkylation sites (N-methyl/N-ethyl adjacent to an activating group) is 1. The summed E-state index contributed by atoms with van der Waals surface area (Å²) >= 11 is 0. The fraction of sp³-hybridized carbons (Fsp3) is 0.533. The van der Waals surface area contributed by atoms with Gasteiger partial charge in [0, 0.05) is 13.7 Å². The van der Waals surface area contributed by atoms with Gasteiger partial charge in [0.1, 0.15) is 6.04 Å². The summed E-state index contributed by atoms with van der Waals surface area (Å²) in [6.45, 7) is 2.97. The van der Waals surface area contributed by atoms with Gasteiger partial charge in [0.05, 0.1) is 6.61 Å². The molecule has 106 valence electrons. The van der Waals surface area contributed by atoms with E-state index in [-0.39, 0.29) is 5.97 Å². The van der Waals surface area contributed by atoms with Crippen molar-refractivity contribution >= 4 is 5.97 Å². The highest BCUT2D eigenvalue weighted by Crippen LogP contribution is 2.16. The molecule has 0 fully saturated rings. The summed E-state index contributed by atoms with van der Waals surface area (Å²) in [6.07, 6.45) is 1.99. The van der Waals surface area contributed by atoms with Crippen LogP contribution >= 0.6 is 0 Å². The molecule has 4 heteroatoms. The SMILES string of the molecule is CCOC(=O)C(NC)c1ccc(CCCOC)cc1. The van der Waals surface area contributed by atoms with E-state index in [2.05, 4.69) is 17.4 Å². The van der Waals surface area contributed by atoms with Crippen LogP contribution in [0.4, 0.5) is 0 Å². The molecule has 0 aliphatic rings. The second kappa shape index (κ2) is 8.67. The molecule has 4 nitrogen and oxygen atoms in total. The summed E-state index contributed by atoms with van der Waals surface area (Å²) in [7, 11) is 3.47. The van der Waals surface area contributed by atoms with Crippen LogP contribution in [0.2, 0.25) is 0 Å². The minimum atomic E-state index is -0.395. The Bertz CT molecular complexity index is 375. The van der Waals surface area contributed by atoms with Gasteiger partial charge in [0.25, 0.3) is 0 Å². The van der Waals surface area contributed by atoms with Gasteiger partial charge in [-0.1, -0.05) is 24.3 Å². The molecule has 0 bridgehead atoms. The van der Waals surface area contributed by atoms with E-state index in [9.17, 15) is 4.79 Å². The van der Waals surface area contributed by atoms with Crippen molar-refractivity contribution in [2.24, 2.45) is 0 Å². The van der Waals surface area contributed by atoms with E-state index in [1.165, 1.54) is 5.56 Å². The van der Waals surface area contributed by atoms with Crippen LogP contribution in [-0.4, -0.2) is 33.3 Å². The summed E-state index contributed by atoms with van der Waals surface area (Å²) in [6, 6.07) is 7.65. The molecule has 0 aliphatic heterocycles. The molecule has 1 rings (SSSR count). The molecule has 1 aromatic rings. The lowest BCUT2D eigenvalue weighted by molar-refractivity contribution is -0.145. The van der Waals surface area contributed by atoms with Crippen LogP contribution in [0.25, 0.3) is 0 Å². The molecule has 19 heavy (non-hydrogen) atoms. The standard InChI is InChI=1S/C15H23NO3/c1-4-19-15(17)14(16-2)13-9-7-12(8-10-13)6-5-11-18-3/h7-10,14,16H,4-6,11H2,1-3H3. The third-order valence-corrected chi connectivity index (χ3v) is 2.94. The van der Waals surface area contributed by atoms with Crippen LogP contribution in [0.15, 0.2) is 24.3 Å². The first-order chi connectivity index (χ1) is 9.22. The first-order valence-corrected chi connectivity index (χ1v) is 6.64. The van der Waals surface area contributed by atoms with Crippen LogP contribution in [0.1, 0.15) is 30.5 Å². The number of aryl methyl sites for hydroxylation is 1. The topological polar surface area (TPSA) is 47.6 Å². The number of carbonyl (C=O) groups is 1. The third kappa shape index (κ3) is 5.01. The van der Waals surface area contributed by atoms with Crippen molar-refractivity contribution in [1.29, 1.82) is 0 Å². The van der Waals surface area contributed by atoms with Gasteiger partial charge in [-0.25, -0.2) is 4.79 Å². The molecule has 0 aliphatic carbocycles. The first kappa shape index (κ1) is 15.7. The van der Waals surface area contributed by atoms with Gasteiger partial charge < -0.3 is 14.8 Å². The van der Waals surface area contributed by atoms with Crippen LogP contribution in [0.5, 0.6) is 0 Å². The summed E-state index contributed by atoms with van der Waals surface area (Å²) in [5, 5.41) is 2.98. The maximum Gasteiger partial charge on any atom is 0.327 e. The third-order valence-electron chi connectivity index (χ3n) is 2.94. The number of hydrogen-bond acceptors (Lipinski definition) is 4. The average molecular weight is 265 g/mol. The van der Waals surface area contributed by atoms with E-state index in [1.807, 2.05) is 19.1 Å². The smallest absolute Gasteiger partial charge is 0.327 e. The van der Waals surface area contributed by atoms with Crippen molar-refractivity contribution < 1.29 is 14.3 Å². The van der Waals surface area contributed by atoms with Gasteiger partial charge in [-0.3, -0.25) is 0 Å². The minimum Gasteiger partial charge on any atom is -0.465 e. The molecule has 1 N–H and O–H groups in total. The number of rotatable bonds is 8. The van der Waals surface area contributed by atoms with Crippen LogP contribution in [0.3, 0.4) is 0 Å². The lowest BCUT2D eigenvalue weighted by Crippen LogP contribution is -2.27. The first-order valence-electron chi connectivity index (χ1n) is 6.64. The summed E-state index contributed by atoms with van der Waals surface area (Å²) < 4.78 is 10.1. The summed E-state index contributed by atoms with van der Waals surface area (Å²) in [5.74, 6) is -0.239. The van der Waals surface area contributed by atoms with E-state index in [0.717, 1.165) is 25.0 Å². The molecule has 0 radical (unpaired) electrons. The molecule has 0 spiro atoms. The molecule has 0 saturated heterocycles. The Labute approximate surface area is 115 Å². The van der Waals surface area contributed by atoms with Crippen molar-refractivity contribution in [1.82, 2.24) is 5.32 Å². The summed E-state index contributed by atoms with van der Waals surface area (Å²) in [5.41, 5.74) is 2.18. The van der Waals surface area contributed by atoms with Crippen LogP contribution in [0, 0.1) is 0 Å². The van der Waals surface area contributed by atoms with Gasteiger partial charge in [0.2, 0.25) is 0 Å². The lowest BCUT2D eigenvalue weighted by atomic mass is 10.0. The second-order valence-corrected chi connectivity index (χ2v) is 4.31. The monoisotopic (exact) mass is 265 g/mol. The largest absolute Gasteiger partial charge is 0.465 e. The Morgan fingerprint density at radius 1 is 1.32 bits per heavy atom. The molecule has 0 aromatic heterocycles. The van der Waals surface area contributed by atoms with Gasteiger partial charge in [-0.15, -0.1) is 0 Å². The number of carbonyl (C=O) groups excluding carboxylic acids is 1. The van der Waals surface area contributed by atoms with E-state index in [0.29, 0.717) is 6.61 Å². The highest BCUT2D eigenvalue weighted by atomic mass is 16.5. The predicted octanol–water partition coefficient (Wildman–Crippen LogP) is 2.09.